The number of nitrogens with one attached hydrogen (secondary N) is 1. The Hall–Kier alpha value is -2.04. The fraction of sp³-hybridized carbons (Fsp3) is 0.556. The van der Waals surface area contributed by atoms with Gasteiger partial charge < -0.3 is 16.0 Å². The van der Waals surface area contributed by atoms with Crippen LogP contribution in [-0.4, -0.2) is 29.9 Å². The van der Waals surface area contributed by atoms with Gasteiger partial charge in [-0.2, -0.15) is 0 Å². The van der Waals surface area contributed by atoms with Crippen LogP contribution >= 0.6 is 0 Å². The van der Waals surface area contributed by atoms with Crippen molar-refractivity contribution in [3.63, 3.8) is 0 Å². The quantitative estimate of drug-likeness (QED) is 0.845. The Morgan fingerprint density at radius 2 is 2.04 bits per heavy atom. The van der Waals surface area contributed by atoms with E-state index in [1.54, 1.807) is 4.90 Å². The van der Waals surface area contributed by atoms with E-state index in [0.29, 0.717) is 13.0 Å². The number of benzene rings is 1. The van der Waals surface area contributed by atoms with Crippen molar-refractivity contribution >= 4 is 17.6 Å². The minimum atomic E-state index is -0.292. The predicted molar refractivity (Wildman–Crippen MR) is 92.2 cm³/mol. The molecule has 23 heavy (non-hydrogen) atoms. The van der Waals surface area contributed by atoms with Crippen LogP contribution in [0.5, 0.6) is 0 Å². The topological polar surface area (TPSA) is 75.4 Å². The number of hydrogen-bond donors (Lipinski definition) is 2. The summed E-state index contributed by atoms with van der Waals surface area (Å²) in [5.74, 6) is -0.108. The monoisotopic (exact) mass is 317 g/mol. The second-order valence-electron chi connectivity index (χ2n) is 6.36. The number of piperidine rings is 1. The fourth-order valence-corrected chi connectivity index (χ4v) is 3.04. The van der Waals surface area contributed by atoms with Crippen molar-refractivity contribution in [3.8, 4) is 0 Å². The van der Waals surface area contributed by atoms with E-state index in [0.717, 1.165) is 31.5 Å². The second-order valence-corrected chi connectivity index (χ2v) is 6.36. The number of unbranched alkanes of at least 4 members (excludes halogenated alkanes) is 1. The second kappa shape index (κ2) is 8.56. The molecule has 0 aliphatic carbocycles. The third-order valence-electron chi connectivity index (χ3n) is 4.32. The van der Waals surface area contributed by atoms with Crippen molar-refractivity contribution in [1.82, 2.24) is 4.90 Å². The third-order valence-corrected chi connectivity index (χ3v) is 4.32. The Labute approximate surface area is 138 Å². The van der Waals surface area contributed by atoms with Crippen LogP contribution in [0, 0.1) is 5.92 Å². The van der Waals surface area contributed by atoms with Crippen LogP contribution in [-0.2, 0) is 11.2 Å². The Bertz CT molecular complexity index is 528. The molecular formula is C18H27N3O2. The van der Waals surface area contributed by atoms with Gasteiger partial charge in [0.05, 0.1) is 0 Å². The molecule has 1 aliphatic heterocycles. The number of amides is 3. The van der Waals surface area contributed by atoms with Crippen LogP contribution in [0.3, 0.4) is 0 Å². The van der Waals surface area contributed by atoms with E-state index in [9.17, 15) is 9.59 Å². The van der Waals surface area contributed by atoms with Gasteiger partial charge in [0.1, 0.15) is 0 Å². The molecule has 1 atom stereocenters. The number of urea groups is 1. The number of nitrogens with zero attached hydrogens (tertiary/aromatic N) is 1. The van der Waals surface area contributed by atoms with Crippen LogP contribution in [0.2, 0.25) is 0 Å². The first-order valence-electron chi connectivity index (χ1n) is 8.51. The molecule has 1 aliphatic rings. The van der Waals surface area contributed by atoms with E-state index >= 15 is 0 Å². The third kappa shape index (κ3) is 5.58. The Morgan fingerprint density at radius 1 is 1.30 bits per heavy atom. The molecular weight excluding hydrogens is 290 g/mol. The number of anilines is 1. The molecule has 0 bridgehead atoms. The molecule has 0 aromatic heterocycles. The van der Waals surface area contributed by atoms with Gasteiger partial charge in [-0.15, -0.1) is 0 Å². The highest BCUT2D eigenvalue weighted by Gasteiger charge is 2.24. The fourth-order valence-electron chi connectivity index (χ4n) is 3.04. The highest BCUT2D eigenvalue weighted by atomic mass is 16.2. The number of hydrogen-bond acceptors (Lipinski definition) is 2. The maximum absolute atomic E-state index is 12.4. The molecule has 1 unspecified atom stereocenters. The molecule has 5 nitrogen and oxygen atoms in total. The largest absolute Gasteiger partial charge is 0.370 e. The molecule has 1 fully saturated rings. The van der Waals surface area contributed by atoms with Gasteiger partial charge in [0.25, 0.3) is 0 Å². The van der Waals surface area contributed by atoms with Crippen LogP contribution in [0.25, 0.3) is 0 Å². The summed E-state index contributed by atoms with van der Waals surface area (Å²) in [7, 11) is 0. The maximum atomic E-state index is 12.4. The summed E-state index contributed by atoms with van der Waals surface area (Å²) in [5, 5.41) is 2.94. The van der Waals surface area contributed by atoms with Gasteiger partial charge in [-0.05, 0) is 49.3 Å². The molecule has 1 heterocycles. The van der Waals surface area contributed by atoms with Crippen LogP contribution in [0.1, 0.15) is 44.6 Å². The number of nitrogens with two attached hydrogens (primary N) is 1. The SMILES string of the molecule is CCCCc1ccc(NC(=O)N2CCCC(CC(N)=O)C2)cc1. The van der Waals surface area contributed by atoms with Crippen molar-refractivity contribution in [1.29, 1.82) is 0 Å². The van der Waals surface area contributed by atoms with Gasteiger partial charge in [0.15, 0.2) is 0 Å². The molecule has 3 amide bonds. The summed E-state index contributed by atoms with van der Waals surface area (Å²) in [6.45, 7) is 3.51. The summed E-state index contributed by atoms with van der Waals surface area (Å²) < 4.78 is 0. The maximum Gasteiger partial charge on any atom is 0.321 e. The lowest BCUT2D eigenvalue weighted by atomic mass is 9.95. The average molecular weight is 317 g/mol. The normalized spacial score (nSPS) is 17.8. The molecule has 3 N–H and O–H groups in total. The van der Waals surface area contributed by atoms with Gasteiger partial charge in [-0.1, -0.05) is 25.5 Å². The number of carbonyl (C=O) groups is 2. The Kier molecular flexibility index (Phi) is 6.44. The van der Waals surface area contributed by atoms with Crippen LogP contribution in [0.15, 0.2) is 24.3 Å². The molecule has 126 valence electrons. The number of likely N-dealkylation sites (tertiary alicyclic amines) is 1. The van der Waals surface area contributed by atoms with Crippen LogP contribution in [0.4, 0.5) is 10.5 Å². The van der Waals surface area contributed by atoms with Crippen molar-refractivity contribution in [2.24, 2.45) is 11.7 Å². The van der Waals surface area contributed by atoms with E-state index in [-0.39, 0.29) is 17.9 Å². The highest BCUT2D eigenvalue weighted by Crippen LogP contribution is 2.20. The molecule has 1 aromatic carbocycles. The number of rotatable bonds is 6. The predicted octanol–water partition coefficient (Wildman–Crippen LogP) is 3.15. The highest BCUT2D eigenvalue weighted by molar-refractivity contribution is 5.89. The van der Waals surface area contributed by atoms with E-state index in [4.69, 9.17) is 5.73 Å². The Morgan fingerprint density at radius 3 is 2.70 bits per heavy atom. The zero-order valence-electron chi connectivity index (χ0n) is 13.9. The molecule has 0 saturated carbocycles. The molecule has 1 aromatic rings. The molecule has 5 heteroatoms. The minimum absolute atomic E-state index is 0.0968. The minimum Gasteiger partial charge on any atom is -0.370 e. The first-order chi connectivity index (χ1) is 11.1. The lowest BCUT2D eigenvalue weighted by molar-refractivity contribution is -0.119. The molecule has 0 radical (unpaired) electrons. The van der Waals surface area contributed by atoms with Gasteiger partial charge in [-0.25, -0.2) is 4.79 Å². The number of aryl methyl sites for hydroxylation is 1. The van der Waals surface area contributed by atoms with Crippen molar-refractivity contribution in [2.75, 3.05) is 18.4 Å². The lowest BCUT2D eigenvalue weighted by Gasteiger charge is -2.32. The summed E-state index contributed by atoms with van der Waals surface area (Å²) in [6.07, 6.45) is 5.67. The summed E-state index contributed by atoms with van der Waals surface area (Å²) in [6, 6.07) is 7.94. The van der Waals surface area contributed by atoms with E-state index < -0.39 is 0 Å². The van der Waals surface area contributed by atoms with Gasteiger partial charge in [0.2, 0.25) is 5.91 Å². The number of primary amides is 1. The van der Waals surface area contributed by atoms with Crippen LogP contribution < -0.4 is 11.1 Å². The molecule has 2 rings (SSSR count). The summed E-state index contributed by atoms with van der Waals surface area (Å²) in [4.78, 5) is 25.2. The van der Waals surface area contributed by atoms with E-state index in [1.165, 1.54) is 18.4 Å². The first-order valence-corrected chi connectivity index (χ1v) is 8.51. The summed E-state index contributed by atoms with van der Waals surface area (Å²) >= 11 is 0. The average Bonchev–Trinajstić information content (AvgIpc) is 2.54. The van der Waals surface area contributed by atoms with Gasteiger partial charge in [0, 0.05) is 25.2 Å². The zero-order chi connectivity index (χ0) is 16.7. The lowest BCUT2D eigenvalue weighted by Crippen LogP contribution is -2.43. The molecule has 0 spiro atoms. The standard InChI is InChI=1S/C18H27N3O2/c1-2-3-5-14-7-9-16(10-8-14)20-18(23)21-11-4-6-15(13-21)12-17(19)22/h7-10,15H,2-6,11-13H2,1H3,(H2,19,22)(H,20,23). The van der Waals surface area contributed by atoms with Gasteiger partial charge >= 0.3 is 6.03 Å². The van der Waals surface area contributed by atoms with E-state index in [2.05, 4.69) is 24.4 Å². The van der Waals surface area contributed by atoms with Crippen molar-refractivity contribution < 1.29 is 9.59 Å². The smallest absolute Gasteiger partial charge is 0.321 e. The summed E-state index contributed by atoms with van der Waals surface area (Å²) in [5.41, 5.74) is 7.37. The zero-order valence-corrected chi connectivity index (χ0v) is 13.9. The van der Waals surface area contributed by atoms with E-state index in [1.807, 2.05) is 12.1 Å². The Balaban J connectivity index is 1.86. The van der Waals surface area contributed by atoms with Crippen molar-refractivity contribution in [2.45, 2.75) is 45.4 Å². The van der Waals surface area contributed by atoms with Gasteiger partial charge in [-0.3, -0.25) is 4.79 Å². The first kappa shape index (κ1) is 17.3. The number of carbonyl (C=O) groups excluding carboxylic acids is 2. The molecule has 1 saturated heterocycles. The van der Waals surface area contributed by atoms with Crippen molar-refractivity contribution in [3.05, 3.63) is 29.8 Å².